The van der Waals surface area contributed by atoms with Crippen molar-refractivity contribution in [3.63, 3.8) is 0 Å². The van der Waals surface area contributed by atoms with Crippen molar-refractivity contribution in [1.29, 1.82) is 0 Å². The molecule has 0 aliphatic heterocycles. The third-order valence-electron chi connectivity index (χ3n) is 3.10. The minimum absolute atomic E-state index is 0.0127. The van der Waals surface area contributed by atoms with E-state index in [1.807, 2.05) is 5.70 Å². The Balaban J connectivity index is 2.63. The van der Waals surface area contributed by atoms with Crippen molar-refractivity contribution in [2.24, 2.45) is 0 Å². The number of aromatic carboxylic acids is 1. The van der Waals surface area contributed by atoms with Crippen LogP contribution in [0.3, 0.4) is 0 Å². The molecule has 24 heavy (non-hydrogen) atoms. The van der Waals surface area contributed by atoms with Gasteiger partial charge < -0.3 is 10.8 Å². The molecule has 0 aliphatic carbocycles. The average molecular weight is 366 g/mol. The molecule has 0 fully saturated rings. The van der Waals surface area contributed by atoms with Crippen LogP contribution >= 0.6 is 11.6 Å². The van der Waals surface area contributed by atoms with Gasteiger partial charge in [-0.1, -0.05) is 43.0 Å². The lowest BCUT2D eigenvalue weighted by molar-refractivity contribution is 0.0690. The van der Waals surface area contributed by atoms with E-state index >= 15 is 0 Å². The molecule has 0 radical (unpaired) electrons. The van der Waals surface area contributed by atoms with Gasteiger partial charge in [0.1, 0.15) is 11.6 Å². The third kappa shape index (κ3) is 4.18. The molecule has 8 heteroatoms. The molecule has 5 nitrogen and oxygen atoms in total. The zero-order chi connectivity index (χ0) is 18.1. The van der Waals surface area contributed by atoms with Gasteiger partial charge in [0, 0.05) is 10.6 Å². The first-order valence-electron chi connectivity index (χ1n) is 7.14. The van der Waals surface area contributed by atoms with Gasteiger partial charge in [-0.05, 0) is 18.2 Å². The molecule has 0 aliphatic rings. The van der Waals surface area contributed by atoms with E-state index in [2.05, 4.69) is 29.6 Å². The molecule has 1 aromatic heterocycles. The first-order valence-corrected chi connectivity index (χ1v) is 11.1. The second kappa shape index (κ2) is 6.70. The highest BCUT2D eigenvalue weighted by Gasteiger charge is 2.19. The number of halogens is 2. The summed E-state index contributed by atoms with van der Waals surface area (Å²) < 4.78 is 14.0. The van der Waals surface area contributed by atoms with Crippen LogP contribution in [0.1, 0.15) is 16.1 Å². The molecule has 0 amide bonds. The van der Waals surface area contributed by atoms with E-state index in [1.54, 1.807) is 6.08 Å². The Morgan fingerprint density at radius 1 is 1.33 bits per heavy atom. The van der Waals surface area contributed by atoms with Crippen molar-refractivity contribution in [2.45, 2.75) is 19.6 Å². The molecule has 1 aromatic carbocycles. The smallest absolute Gasteiger partial charge is 0.355 e. The van der Waals surface area contributed by atoms with Crippen LogP contribution in [0.4, 0.5) is 10.2 Å². The highest BCUT2D eigenvalue weighted by Crippen LogP contribution is 2.26. The fraction of sp³-hybridized carbons (Fsp3) is 0.188. The lowest BCUT2D eigenvalue weighted by Gasteiger charge is -2.11. The predicted octanol–water partition coefficient (Wildman–Crippen LogP) is 4.11. The van der Waals surface area contributed by atoms with E-state index in [4.69, 9.17) is 17.3 Å². The van der Waals surface area contributed by atoms with Gasteiger partial charge in [-0.15, -0.1) is 0 Å². The molecule has 0 saturated heterocycles. The molecule has 126 valence electrons. The van der Waals surface area contributed by atoms with E-state index in [0.29, 0.717) is 0 Å². The number of hydrogen-bond acceptors (Lipinski definition) is 4. The van der Waals surface area contributed by atoms with Gasteiger partial charge in [0.15, 0.2) is 11.5 Å². The molecule has 0 saturated carbocycles. The van der Waals surface area contributed by atoms with Crippen LogP contribution in [0.5, 0.6) is 0 Å². The summed E-state index contributed by atoms with van der Waals surface area (Å²) >= 11 is 5.72. The molecule has 0 spiro atoms. The number of aromatic nitrogens is 2. The van der Waals surface area contributed by atoms with Gasteiger partial charge in [0.05, 0.1) is 13.6 Å². The van der Waals surface area contributed by atoms with Crippen LogP contribution in [0.25, 0.3) is 17.5 Å². The monoisotopic (exact) mass is 365 g/mol. The first-order chi connectivity index (χ1) is 11.1. The second-order valence-electron chi connectivity index (χ2n) is 6.32. The summed E-state index contributed by atoms with van der Waals surface area (Å²) in [4.78, 5) is 19.6. The molecular weight excluding hydrogens is 349 g/mol. The predicted molar refractivity (Wildman–Crippen MR) is 96.2 cm³/mol. The molecule has 2 aromatic rings. The Labute approximate surface area is 145 Å². The second-order valence-corrected chi connectivity index (χ2v) is 11.8. The summed E-state index contributed by atoms with van der Waals surface area (Å²) in [5.74, 6) is -2.01. The molecule has 3 N–H and O–H groups in total. The topological polar surface area (TPSA) is 89.1 Å². The van der Waals surface area contributed by atoms with E-state index in [9.17, 15) is 14.3 Å². The van der Waals surface area contributed by atoms with Crippen LogP contribution in [-0.4, -0.2) is 29.1 Å². The molecule has 0 unspecified atom stereocenters. The quantitative estimate of drug-likeness (QED) is 0.796. The Bertz CT molecular complexity index is 835. The molecule has 1 heterocycles. The van der Waals surface area contributed by atoms with Crippen LogP contribution in [0, 0.1) is 5.82 Å². The van der Waals surface area contributed by atoms with E-state index in [0.717, 1.165) is 6.07 Å². The Morgan fingerprint density at radius 2 is 2.00 bits per heavy atom. The van der Waals surface area contributed by atoms with Gasteiger partial charge in [-0.3, -0.25) is 0 Å². The minimum atomic E-state index is -1.57. The summed E-state index contributed by atoms with van der Waals surface area (Å²) in [7, 11) is -1.57. The molecule has 0 atom stereocenters. The number of carboxylic acids is 1. The molecule has 2 rings (SSSR count). The van der Waals surface area contributed by atoms with Crippen molar-refractivity contribution in [2.75, 3.05) is 5.73 Å². The van der Waals surface area contributed by atoms with E-state index in [-0.39, 0.29) is 33.5 Å². The number of nitrogen functional groups attached to an aromatic ring is 1. The minimum Gasteiger partial charge on any atom is -0.476 e. The SMILES string of the molecule is C[Si](C)(C)C=Cc1c(N)nc(-c2ccc(Cl)cc2F)nc1C(=O)O. The number of carbonyl (C=O) groups is 1. The van der Waals surface area contributed by atoms with Gasteiger partial charge in [-0.2, -0.15) is 0 Å². The number of rotatable bonds is 4. The van der Waals surface area contributed by atoms with Gasteiger partial charge >= 0.3 is 5.97 Å². The van der Waals surface area contributed by atoms with Crippen LogP contribution in [0.15, 0.2) is 23.9 Å². The fourth-order valence-corrected chi connectivity index (χ4v) is 2.76. The Kier molecular flexibility index (Phi) is 5.05. The number of carboxylic acid groups (broad SMARTS) is 1. The van der Waals surface area contributed by atoms with Crippen LogP contribution < -0.4 is 5.73 Å². The van der Waals surface area contributed by atoms with E-state index in [1.165, 1.54) is 12.1 Å². The number of nitrogens with zero attached hydrogens (tertiary/aromatic N) is 2. The van der Waals surface area contributed by atoms with Gasteiger partial charge in [-0.25, -0.2) is 19.2 Å². The number of benzene rings is 1. The maximum atomic E-state index is 14.0. The number of hydrogen-bond donors (Lipinski definition) is 2. The van der Waals surface area contributed by atoms with Crippen molar-refractivity contribution in [1.82, 2.24) is 9.97 Å². The summed E-state index contributed by atoms with van der Waals surface area (Å²) in [6.45, 7) is 6.29. The highest BCUT2D eigenvalue weighted by molar-refractivity contribution is 6.81. The van der Waals surface area contributed by atoms with Gasteiger partial charge in [0.25, 0.3) is 0 Å². The van der Waals surface area contributed by atoms with Crippen molar-refractivity contribution in [3.05, 3.63) is 46.0 Å². The highest BCUT2D eigenvalue weighted by atomic mass is 35.5. The summed E-state index contributed by atoms with van der Waals surface area (Å²) in [5.41, 5.74) is 7.85. The number of anilines is 1. The van der Waals surface area contributed by atoms with Crippen LogP contribution in [-0.2, 0) is 0 Å². The number of nitrogens with two attached hydrogens (primary N) is 1. The maximum absolute atomic E-state index is 14.0. The van der Waals surface area contributed by atoms with Crippen molar-refractivity contribution >= 4 is 37.5 Å². The first kappa shape index (κ1) is 18.1. The fourth-order valence-electron chi connectivity index (χ4n) is 1.94. The van der Waals surface area contributed by atoms with Crippen LogP contribution in [0.2, 0.25) is 24.7 Å². The van der Waals surface area contributed by atoms with Gasteiger partial charge in [0.2, 0.25) is 0 Å². The third-order valence-corrected chi connectivity index (χ3v) is 4.50. The van der Waals surface area contributed by atoms with Crippen molar-refractivity contribution < 1.29 is 14.3 Å². The largest absolute Gasteiger partial charge is 0.476 e. The van der Waals surface area contributed by atoms with E-state index < -0.39 is 19.9 Å². The maximum Gasteiger partial charge on any atom is 0.355 e. The Morgan fingerprint density at radius 3 is 2.54 bits per heavy atom. The zero-order valence-corrected chi connectivity index (χ0v) is 15.2. The average Bonchev–Trinajstić information content (AvgIpc) is 2.44. The summed E-state index contributed by atoms with van der Waals surface area (Å²) in [6, 6.07) is 3.96. The summed E-state index contributed by atoms with van der Waals surface area (Å²) in [5, 5.41) is 9.64. The molecule has 0 bridgehead atoms. The van der Waals surface area contributed by atoms with Crippen molar-refractivity contribution in [3.8, 4) is 11.4 Å². The lowest BCUT2D eigenvalue weighted by Crippen LogP contribution is -2.16. The molecular formula is C16H17ClFN3O2Si. The zero-order valence-electron chi connectivity index (χ0n) is 13.5. The lowest BCUT2D eigenvalue weighted by atomic mass is 10.1. The normalized spacial score (nSPS) is 11.9. The standard InChI is InChI=1S/C16H17ClFN3O2Si/c1-24(2,3)7-6-11-13(16(22)23)20-15(21-14(11)19)10-5-4-9(17)8-12(10)18/h4-8H,1-3H3,(H,22,23)(H2,19,20,21). The summed E-state index contributed by atoms with van der Waals surface area (Å²) in [6.07, 6.45) is 1.63. The Hall–Kier alpha value is -2.25.